The summed E-state index contributed by atoms with van der Waals surface area (Å²) in [7, 11) is 0. The summed E-state index contributed by atoms with van der Waals surface area (Å²) in [5.74, 6) is -0.592. The number of cyclic esters (lactones) is 1. The largest absolute Gasteiger partial charge is 0.434 e. The van der Waals surface area contributed by atoms with Crippen LogP contribution in [0.25, 0.3) is 0 Å². The van der Waals surface area contributed by atoms with E-state index in [-0.39, 0.29) is 12.4 Å². The Hall–Kier alpha value is -2.57. The molecule has 1 aromatic heterocycles. The van der Waals surface area contributed by atoms with Gasteiger partial charge in [0, 0.05) is 5.69 Å². The molecule has 0 aliphatic carbocycles. The Kier molecular flexibility index (Phi) is 2.36. The second kappa shape index (κ2) is 4.02. The van der Waals surface area contributed by atoms with Crippen LogP contribution in [0.3, 0.4) is 0 Å². The van der Waals surface area contributed by atoms with Gasteiger partial charge in [0.2, 0.25) is 0 Å². The third-order valence-corrected chi connectivity index (χ3v) is 2.61. The zero-order valence-electron chi connectivity index (χ0n) is 9.20. The fourth-order valence-corrected chi connectivity index (χ4v) is 1.79. The van der Waals surface area contributed by atoms with E-state index in [4.69, 9.17) is 9.15 Å². The predicted molar refractivity (Wildman–Crippen MR) is 60.1 cm³/mol. The number of carbonyl (C=O) groups excluding carboxylic acids is 1. The van der Waals surface area contributed by atoms with Crippen LogP contribution in [0.5, 0.6) is 0 Å². The van der Waals surface area contributed by atoms with E-state index >= 15 is 0 Å². The first-order valence-electron chi connectivity index (χ1n) is 5.32. The highest BCUT2D eigenvalue weighted by Gasteiger charge is 2.36. The summed E-state index contributed by atoms with van der Waals surface area (Å²) in [4.78, 5) is 24.0. The van der Waals surface area contributed by atoms with E-state index in [1.165, 1.54) is 4.90 Å². The van der Waals surface area contributed by atoms with Gasteiger partial charge in [0.1, 0.15) is 0 Å². The van der Waals surface area contributed by atoms with Crippen molar-refractivity contribution in [1.82, 2.24) is 10.2 Å². The molecule has 1 fully saturated rings. The Morgan fingerprint density at radius 3 is 2.72 bits per heavy atom. The Balaban J connectivity index is 1.85. The van der Waals surface area contributed by atoms with Crippen molar-refractivity contribution in [3.63, 3.8) is 0 Å². The lowest BCUT2D eigenvalue weighted by Crippen LogP contribution is -2.23. The van der Waals surface area contributed by atoms with Crippen LogP contribution in [-0.2, 0) is 4.74 Å². The quantitative estimate of drug-likeness (QED) is 0.857. The summed E-state index contributed by atoms with van der Waals surface area (Å²) in [6.07, 6.45) is -1.16. The summed E-state index contributed by atoms with van der Waals surface area (Å²) >= 11 is 0. The topological polar surface area (TPSA) is 88.4 Å². The predicted octanol–water partition coefficient (Wildman–Crippen LogP) is 1.06. The number of H-pyrrole nitrogens is 1. The summed E-state index contributed by atoms with van der Waals surface area (Å²) in [5.41, 5.74) is 0.725. The number of carbonyl (C=O) groups is 1. The van der Waals surface area contributed by atoms with E-state index in [2.05, 4.69) is 10.2 Å². The minimum atomic E-state index is -0.670. The molecule has 3 rings (SSSR count). The van der Waals surface area contributed by atoms with E-state index in [1.54, 1.807) is 12.1 Å². The Morgan fingerprint density at radius 1 is 1.28 bits per heavy atom. The maximum Gasteiger partial charge on any atom is 0.434 e. The van der Waals surface area contributed by atoms with E-state index < -0.39 is 18.0 Å². The van der Waals surface area contributed by atoms with Crippen LogP contribution >= 0.6 is 0 Å². The number of benzene rings is 1. The number of aromatic nitrogens is 2. The van der Waals surface area contributed by atoms with Gasteiger partial charge < -0.3 is 9.15 Å². The van der Waals surface area contributed by atoms with Gasteiger partial charge in [-0.2, -0.15) is 0 Å². The van der Waals surface area contributed by atoms with Gasteiger partial charge in [-0.25, -0.2) is 14.7 Å². The van der Waals surface area contributed by atoms with Crippen LogP contribution in [0.15, 0.2) is 39.5 Å². The standard InChI is InChI=1S/C11H9N3O4/c15-10-13-12-9(18-10)8-6-14(11(16)17-8)7-4-2-1-3-5-7/h1-5,8H,6H2,(H,13,15). The van der Waals surface area contributed by atoms with Gasteiger partial charge in [-0.05, 0) is 12.1 Å². The number of hydrogen-bond donors (Lipinski definition) is 1. The van der Waals surface area contributed by atoms with Gasteiger partial charge >= 0.3 is 11.8 Å². The average Bonchev–Trinajstić information content (AvgIpc) is 2.97. The zero-order valence-corrected chi connectivity index (χ0v) is 9.20. The minimum absolute atomic E-state index is 0.0757. The van der Waals surface area contributed by atoms with Gasteiger partial charge in [0.25, 0.3) is 5.89 Å². The summed E-state index contributed by atoms with van der Waals surface area (Å²) < 4.78 is 9.87. The van der Waals surface area contributed by atoms with Crippen molar-refractivity contribution in [1.29, 1.82) is 0 Å². The smallest absolute Gasteiger partial charge is 0.434 e. The van der Waals surface area contributed by atoms with Crippen molar-refractivity contribution in [2.24, 2.45) is 0 Å². The highest BCUT2D eigenvalue weighted by Crippen LogP contribution is 2.28. The van der Waals surface area contributed by atoms with E-state index in [9.17, 15) is 9.59 Å². The molecule has 0 spiro atoms. The number of aromatic amines is 1. The zero-order chi connectivity index (χ0) is 12.5. The normalized spacial score (nSPS) is 19.0. The second-order valence-electron chi connectivity index (χ2n) is 3.77. The number of anilines is 1. The number of nitrogens with one attached hydrogen (secondary N) is 1. The Labute approximate surface area is 101 Å². The lowest BCUT2D eigenvalue weighted by Gasteiger charge is -2.11. The van der Waals surface area contributed by atoms with Crippen LogP contribution in [0, 0.1) is 0 Å². The van der Waals surface area contributed by atoms with Crippen molar-refractivity contribution in [2.45, 2.75) is 6.10 Å². The number of rotatable bonds is 2. The molecule has 7 heteroatoms. The lowest BCUT2D eigenvalue weighted by atomic mass is 10.3. The molecule has 1 atom stereocenters. The number of ether oxygens (including phenoxy) is 1. The third kappa shape index (κ3) is 1.75. The first-order chi connectivity index (χ1) is 8.74. The first-order valence-corrected chi connectivity index (χ1v) is 5.32. The molecule has 18 heavy (non-hydrogen) atoms. The SMILES string of the molecule is O=C1OC(c2n[nH]c(=O)o2)CN1c1ccccc1. The molecule has 1 N–H and O–H groups in total. The lowest BCUT2D eigenvalue weighted by molar-refractivity contribution is 0.125. The molecular formula is C11H9N3O4. The average molecular weight is 247 g/mol. The Bertz CT molecular complexity index is 618. The second-order valence-corrected chi connectivity index (χ2v) is 3.77. The fraction of sp³-hybridized carbons (Fsp3) is 0.182. The monoisotopic (exact) mass is 247 g/mol. The Morgan fingerprint density at radius 2 is 2.06 bits per heavy atom. The van der Waals surface area contributed by atoms with Crippen molar-refractivity contribution >= 4 is 11.8 Å². The number of nitrogens with zero attached hydrogens (tertiary/aromatic N) is 2. The van der Waals surface area contributed by atoms with E-state index in [0.29, 0.717) is 0 Å². The highest BCUT2D eigenvalue weighted by atomic mass is 16.6. The molecule has 2 aromatic rings. The van der Waals surface area contributed by atoms with Crippen LogP contribution in [0.1, 0.15) is 12.0 Å². The first kappa shape index (κ1) is 10.6. The molecular weight excluding hydrogens is 238 g/mol. The summed E-state index contributed by atoms with van der Waals surface area (Å²) in [5, 5.41) is 5.79. The van der Waals surface area contributed by atoms with Crippen LogP contribution < -0.4 is 10.7 Å². The molecule has 1 aromatic carbocycles. The maximum absolute atomic E-state index is 11.7. The number of hydrogen-bond acceptors (Lipinski definition) is 5. The van der Waals surface area contributed by atoms with Crippen LogP contribution in [0.4, 0.5) is 10.5 Å². The van der Waals surface area contributed by atoms with E-state index in [0.717, 1.165) is 5.69 Å². The van der Waals surface area contributed by atoms with E-state index in [1.807, 2.05) is 18.2 Å². The molecule has 1 amide bonds. The number of amides is 1. The molecule has 1 unspecified atom stereocenters. The molecule has 1 aliphatic heterocycles. The van der Waals surface area contributed by atoms with Crippen molar-refractivity contribution < 1.29 is 13.9 Å². The van der Waals surface area contributed by atoms with Gasteiger partial charge in [0.05, 0.1) is 6.54 Å². The van der Waals surface area contributed by atoms with Crippen molar-refractivity contribution in [3.05, 3.63) is 46.8 Å². The summed E-state index contributed by atoms with van der Waals surface area (Å²) in [6.45, 7) is 0.261. The number of para-hydroxylation sites is 1. The fourth-order valence-electron chi connectivity index (χ4n) is 1.79. The minimum Gasteiger partial charge on any atom is -0.434 e. The molecule has 1 saturated heterocycles. The van der Waals surface area contributed by atoms with Gasteiger partial charge in [-0.1, -0.05) is 18.2 Å². The molecule has 0 bridgehead atoms. The summed E-state index contributed by atoms with van der Waals surface area (Å²) in [6, 6.07) is 9.10. The van der Waals surface area contributed by atoms with Gasteiger partial charge in [-0.3, -0.25) is 4.90 Å². The third-order valence-electron chi connectivity index (χ3n) is 2.61. The molecule has 1 aliphatic rings. The van der Waals surface area contributed by atoms with Gasteiger partial charge in [0.15, 0.2) is 6.10 Å². The van der Waals surface area contributed by atoms with Crippen molar-refractivity contribution in [2.75, 3.05) is 11.4 Å². The van der Waals surface area contributed by atoms with Crippen LogP contribution in [-0.4, -0.2) is 22.8 Å². The molecule has 7 nitrogen and oxygen atoms in total. The molecule has 0 saturated carbocycles. The highest BCUT2D eigenvalue weighted by molar-refractivity contribution is 5.89. The van der Waals surface area contributed by atoms with Crippen LogP contribution in [0.2, 0.25) is 0 Å². The van der Waals surface area contributed by atoms with Crippen molar-refractivity contribution in [3.8, 4) is 0 Å². The molecule has 92 valence electrons. The molecule has 0 radical (unpaired) electrons. The maximum atomic E-state index is 11.7. The van der Waals surface area contributed by atoms with Gasteiger partial charge in [-0.15, -0.1) is 5.10 Å². The molecule has 2 heterocycles.